The normalized spacial score (nSPS) is 10.3. The number of rotatable bonds is 3. The van der Waals surface area contributed by atoms with Crippen LogP contribution in [0.1, 0.15) is 11.3 Å². The lowest BCUT2D eigenvalue weighted by atomic mass is 10.2. The van der Waals surface area contributed by atoms with E-state index in [2.05, 4.69) is 10.3 Å². The Morgan fingerprint density at radius 3 is 2.88 bits per heavy atom. The molecule has 1 aromatic carbocycles. The van der Waals surface area contributed by atoms with Gasteiger partial charge >= 0.3 is 0 Å². The maximum Gasteiger partial charge on any atom is 0.146 e. The van der Waals surface area contributed by atoms with Gasteiger partial charge in [0.15, 0.2) is 0 Å². The molecule has 88 valence electrons. The van der Waals surface area contributed by atoms with Crippen molar-refractivity contribution in [3.05, 3.63) is 58.6 Å². The summed E-state index contributed by atoms with van der Waals surface area (Å²) in [5.74, 6) is -0.372. The SMILES string of the molecule is Cc1ncccc1NCc1cccc(Cl)c1F. The minimum atomic E-state index is -0.372. The van der Waals surface area contributed by atoms with Crippen LogP contribution >= 0.6 is 11.6 Å². The quantitative estimate of drug-likeness (QED) is 0.896. The fourth-order valence-electron chi connectivity index (χ4n) is 1.55. The molecule has 0 aliphatic heterocycles. The van der Waals surface area contributed by atoms with E-state index in [0.717, 1.165) is 11.4 Å². The van der Waals surface area contributed by atoms with Gasteiger partial charge < -0.3 is 5.32 Å². The summed E-state index contributed by atoms with van der Waals surface area (Å²) in [6.45, 7) is 2.29. The van der Waals surface area contributed by atoms with Crippen molar-refractivity contribution in [1.82, 2.24) is 4.98 Å². The zero-order chi connectivity index (χ0) is 12.3. The summed E-state index contributed by atoms with van der Waals surface area (Å²) in [7, 11) is 0. The molecule has 0 atom stereocenters. The van der Waals surface area contributed by atoms with Crippen LogP contribution in [-0.4, -0.2) is 4.98 Å². The number of pyridine rings is 1. The van der Waals surface area contributed by atoms with Gasteiger partial charge in [-0.25, -0.2) is 4.39 Å². The van der Waals surface area contributed by atoms with Crippen molar-refractivity contribution in [2.75, 3.05) is 5.32 Å². The van der Waals surface area contributed by atoms with Crippen molar-refractivity contribution in [3.63, 3.8) is 0 Å². The molecule has 0 unspecified atom stereocenters. The average Bonchev–Trinajstić information content (AvgIpc) is 2.33. The number of nitrogens with one attached hydrogen (secondary N) is 1. The monoisotopic (exact) mass is 250 g/mol. The number of hydrogen-bond donors (Lipinski definition) is 1. The molecule has 2 aromatic rings. The summed E-state index contributed by atoms with van der Waals surface area (Å²) < 4.78 is 13.6. The van der Waals surface area contributed by atoms with E-state index in [1.807, 2.05) is 19.1 Å². The molecular formula is C13H12ClFN2. The summed E-state index contributed by atoms with van der Waals surface area (Å²) in [5, 5.41) is 3.28. The van der Waals surface area contributed by atoms with Crippen LogP contribution in [0.5, 0.6) is 0 Å². The maximum atomic E-state index is 13.6. The van der Waals surface area contributed by atoms with Crippen LogP contribution in [0.25, 0.3) is 0 Å². The molecule has 1 heterocycles. The first-order valence-corrected chi connectivity index (χ1v) is 5.64. The number of nitrogens with zero attached hydrogens (tertiary/aromatic N) is 1. The second kappa shape index (κ2) is 5.15. The number of aryl methyl sites for hydroxylation is 1. The number of benzene rings is 1. The van der Waals surface area contributed by atoms with Crippen molar-refractivity contribution >= 4 is 17.3 Å². The first-order valence-electron chi connectivity index (χ1n) is 5.27. The molecule has 0 saturated carbocycles. The molecule has 0 fully saturated rings. The summed E-state index contributed by atoms with van der Waals surface area (Å²) >= 11 is 5.71. The van der Waals surface area contributed by atoms with Gasteiger partial charge in [0.25, 0.3) is 0 Å². The molecule has 0 aliphatic rings. The third-order valence-electron chi connectivity index (χ3n) is 2.51. The van der Waals surface area contributed by atoms with Crippen LogP contribution in [0, 0.1) is 12.7 Å². The minimum absolute atomic E-state index is 0.146. The van der Waals surface area contributed by atoms with Crippen LogP contribution in [0.4, 0.5) is 10.1 Å². The Labute approximate surface area is 104 Å². The van der Waals surface area contributed by atoms with Gasteiger partial charge in [-0.2, -0.15) is 0 Å². The summed E-state index contributed by atoms with van der Waals surface area (Å²) in [5.41, 5.74) is 2.32. The summed E-state index contributed by atoms with van der Waals surface area (Å²) in [6, 6.07) is 8.72. The van der Waals surface area contributed by atoms with Gasteiger partial charge in [0, 0.05) is 18.3 Å². The lowest BCUT2D eigenvalue weighted by Crippen LogP contribution is -2.03. The molecular weight excluding hydrogens is 239 g/mol. The van der Waals surface area contributed by atoms with E-state index in [9.17, 15) is 4.39 Å². The molecule has 2 nitrogen and oxygen atoms in total. The average molecular weight is 251 g/mol. The van der Waals surface area contributed by atoms with Crippen molar-refractivity contribution in [1.29, 1.82) is 0 Å². The van der Waals surface area contributed by atoms with Crippen LogP contribution in [0.3, 0.4) is 0 Å². The Kier molecular flexibility index (Phi) is 3.59. The molecule has 0 aliphatic carbocycles. The Hall–Kier alpha value is -1.61. The van der Waals surface area contributed by atoms with Crippen molar-refractivity contribution < 1.29 is 4.39 Å². The number of hydrogen-bond acceptors (Lipinski definition) is 2. The van der Waals surface area contributed by atoms with E-state index in [1.54, 1.807) is 18.3 Å². The molecule has 0 radical (unpaired) electrons. The topological polar surface area (TPSA) is 24.9 Å². The molecule has 0 amide bonds. The van der Waals surface area contributed by atoms with Gasteiger partial charge in [0.1, 0.15) is 5.82 Å². The standard InChI is InChI=1S/C13H12ClFN2/c1-9-12(6-3-7-16-9)17-8-10-4-2-5-11(14)13(10)15/h2-7,17H,8H2,1H3. The Balaban J connectivity index is 2.13. The highest BCUT2D eigenvalue weighted by Crippen LogP contribution is 2.19. The first kappa shape index (κ1) is 11.9. The molecule has 1 N–H and O–H groups in total. The van der Waals surface area contributed by atoms with Gasteiger partial charge in [-0.05, 0) is 25.1 Å². The highest BCUT2D eigenvalue weighted by Gasteiger charge is 2.06. The zero-order valence-corrected chi connectivity index (χ0v) is 10.1. The Morgan fingerprint density at radius 2 is 2.12 bits per heavy atom. The highest BCUT2D eigenvalue weighted by molar-refractivity contribution is 6.30. The fourth-order valence-corrected chi connectivity index (χ4v) is 1.74. The third-order valence-corrected chi connectivity index (χ3v) is 2.80. The molecule has 1 aromatic heterocycles. The smallest absolute Gasteiger partial charge is 0.146 e. The van der Waals surface area contributed by atoms with Gasteiger partial charge in [0.2, 0.25) is 0 Å². The molecule has 0 saturated heterocycles. The molecule has 2 rings (SSSR count). The molecule has 0 spiro atoms. The summed E-state index contributed by atoms with van der Waals surface area (Å²) in [6.07, 6.45) is 1.72. The second-order valence-electron chi connectivity index (χ2n) is 3.70. The van der Waals surface area contributed by atoms with Crippen molar-refractivity contribution in [2.24, 2.45) is 0 Å². The zero-order valence-electron chi connectivity index (χ0n) is 9.37. The van der Waals surface area contributed by atoms with E-state index >= 15 is 0 Å². The van der Waals surface area contributed by atoms with Gasteiger partial charge in [-0.15, -0.1) is 0 Å². The lowest BCUT2D eigenvalue weighted by Gasteiger charge is -2.09. The minimum Gasteiger partial charge on any atom is -0.379 e. The molecule has 4 heteroatoms. The number of anilines is 1. The van der Waals surface area contributed by atoms with E-state index < -0.39 is 0 Å². The van der Waals surface area contributed by atoms with Crippen LogP contribution in [-0.2, 0) is 6.54 Å². The predicted molar refractivity (Wildman–Crippen MR) is 67.7 cm³/mol. The van der Waals surface area contributed by atoms with Gasteiger partial charge in [-0.3, -0.25) is 4.98 Å². The number of aromatic nitrogens is 1. The molecule has 0 bridgehead atoms. The first-order chi connectivity index (χ1) is 8.18. The van der Waals surface area contributed by atoms with Gasteiger partial charge in [-0.1, -0.05) is 23.7 Å². The summed E-state index contributed by atoms with van der Waals surface area (Å²) in [4.78, 5) is 4.15. The maximum absolute atomic E-state index is 13.6. The van der Waals surface area contributed by atoms with Crippen LogP contribution in [0.2, 0.25) is 5.02 Å². The Morgan fingerprint density at radius 1 is 1.29 bits per heavy atom. The third kappa shape index (κ3) is 2.74. The molecule has 17 heavy (non-hydrogen) atoms. The van der Waals surface area contributed by atoms with E-state index in [1.165, 1.54) is 6.07 Å². The van der Waals surface area contributed by atoms with Gasteiger partial charge in [0.05, 0.1) is 16.4 Å². The predicted octanol–water partition coefficient (Wildman–Crippen LogP) is 3.79. The van der Waals surface area contributed by atoms with Crippen molar-refractivity contribution in [2.45, 2.75) is 13.5 Å². The highest BCUT2D eigenvalue weighted by atomic mass is 35.5. The van der Waals surface area contributed by atoms with Crippen molar-refractivity contribution in [3.8, 4) is 0 Å². The fraction of sp³-hybridized carbons (Fsp3) is 0.154. The lowest BCUT2D eigenvalue weighted by molar-refractivity contribution is 0.613. The van der Waals surface area contributed by atoms with E-state index in [0.29, 0.717) is 12.1 Å². The van der Waals surface area contributed by atoms with E-state index in [-0.39, 0.29) is 10.8 Å². The van der Waals surface area contributed by atoms with Crippen LogP contribution < -0.4 is 5.32 Å². The second-order valence-corrected chi connectivity index (χ2v) is 4.11. The van der Waals surface area contributed by atoms with E-state index in [4.69, 9.17) is 11.6 Å². The number of halogens is 2. The largest absolute Gasteiger partial charge is 0.379 e. The Bertz CT molecular complexity index is 529. The van der Waals surface area contributed by atoms with Crippen LogP contribution in [0.15, 0.2) is 36.5 Å².